The van der Waals surface area contributed by atoms with Gasteiger partial charge in [-0.15, -0.1) is 0 Å². The first-order valence-electron chi connectivity index (χ1n) is 10.4. The zero-order chi connectivity index (χ0) is 22.0. The number of carbonyl (C=O) groups is 1. The van der Waals surface area contributed by atoms with Crippen molar-refractivity contribution >= 4 is 12.2 Å². The lowest BCUT2D eigenvalue weighted by molar-refractivity contribution is 0.192. The van der Waals surface area contributed by atoms with Gasteiger partial charge < -0.3 is 10.4 Å². The molecule has 1 heterocycles. The molecule has 0 saturated carbocycles. The summed E-state index contributed by atoms with van der Waals surface area (Å²) in [5.74, 6) is -0.217. The molecule has 3 aromatic rings. The number of hydrogen-bond donors (Lipinski definition) is 2. The Balaban J connectivity index is 1.63. The molecule has 2 aromatic carbocycles. The summed E-state index contributed by atoms with van der Waals surface area (Å²) in [6.07, 6.45) is 4.64. The molecule has 2 atom stereocenters. The summed E-state index contributed by atoms with van der Waals surface area (Å²) in [6, 6.07) is 16.4. The normalized spacial score (nSPS) is 18.7. The molecule has 1 aliphatic carbocycles. The van der Waals surface area contributed by atoms with Gasteiger partial charge in [0.1, 0.15) is 5.82 Å². The fourth-order valence-electron chi connectivity index (χ4n) is 4.43. The molecule has 0 spiro atoms. The van der Waals surface area contributed by atoms with Crippen LogP contribution in [0.3, 0.4) is 0 Å². The van der Waals surface area contributed by atoms with Crippen molar-refractivity contribution in [2.75, 3.05) is 6.54 Å². The largest absolute Gasteiger partial charge is 0.465 e. The van der Waals surface area contributed by atoms with Gasteiger partial charge >= 0.3 is 6.09 Å². The molecule has 1 unspecified atom stereocenters. The molecule has 6 heteroatoms. The van der Waals surface area contributed by atoms with Crippen LogP contribution in [0, 0.1) is 11.2 Å². The second-order valence-corrected chi connectivity index (χ2v) is 8.51. The molecule has 0 fully saturated rings. The van der Waals surface area contributed by atoms with Crippen LogP contribution in [-0.2, 0) is 6.42 Å². The Kier molecular flexibility index (Phi) is 5.63. The Morgan fingerprint density at radius 2 is 1.94 bits per heavy atom. The zero-order valence-electron chi connectivity index (χ0n) is 17.7. The van der Waals surface area contributed by atoms with Crippen LogP contribution in [0.25, 0.3) is 11.8 Å². The van der Waals surface area contributed by atoms with E-state index in [0.29, 0.717) is 6.54 Å². The quantitative estimate of drug-likeness (QED) is 0.561. The molecule has 2 N–H and O–H groups in total. The van der Waals surface area contributed by atoms with Gasteiger partial charge in [-0.2, -0.15) is 5.10 Å². The maximum atomic E-state index is 13.3. The van der Waals surface area contributed by atoms with Gasteiger partial charge in [0.25, 0.3) is 0 Å². The smallest absolute Gasteiger partial charge is 0.404 e. The zero-order valence-corrected chi connectivity index (χ0v) is 17.7. The van der Waals surface area contributed by atoms with Gasteiger partial charge in [-0.1, -0.05) is 42.8 Å². The van der Waals surface area contributed by atoms with Gasteiger partial charge in [-0.3, -0.25) is 0 Å². The lowest BCUT2D eigenvalue weighted by Crippen LogP contribution is -2.32. The minimum absolute atomic E-state index is 0.0549. The fraction of sp³-hybridized carbons (Fsp3) is 0.280. The third-order valence-corrected chi connectivity index (χ3v) is 6.31. The first-order valence-corrected chi connectivity index (χ1v) is 10.4. The highest BCUT2D eigenvalue weighted by atomic mass is 19.1. The molecule has 5 nitrogen and oxygen atoms in total. The number of halogens is 1. The molecule has 1 aromatic heterocycles. The SMILES string of the molecule is CC1=Cc2c(cnn2-c2ccc(F)cc2)C[C@@]1(C)CC(CNC(=O)O)c1ccccc1. The molecule has 0 saturated heterocycles. The van der Waals surface area contributed by atoms with Gasteiger partial charge in [0.05, 0.1) is 17.6 Å². The van der Waals surface area contributed by atoms with Gasteiger partial charge in [-0.25, -0.2) is 13.9 Å². The van der Waals surface area contributed by atoms with Gasteiger partial charge in [0, 0.05) is 12.5 Å². The predicted molar refractivity (Wildman–Crippen MR) is 119 cm³/mol. The van der Waals surface area contributed by atoms with Crippen LogP contribution in [0.4, 0.5) is 9.18 Å². The number of nitrogens with zero attached hydrogens (tertiary/aromatic N) is 2. The summed E-state index contributed by atoms with van der Waals surface area (Å²) >= 11 is 0. The van der Waals surface area contributed by atoms with E-state index in [1.54, 1.807) is 12.1 Å². The van der Waals surface area contributed by atoms with Gasteiger partial charge in [-0.05, 0) is 66.6 Å². The Morgan fingerprint density at radius 1 is 1.23 bits per heavy atom. The third kappa shape index (κ3) is 4.38. The first-order chi connectivity index (χ1) is 14.9. The highest BCUT2D eigenvalue weighted by Gasteiger charge is 2.35. The van der Waals surface area contributed by atoms with E-state index < -0.39 is 6.09 Å². The molecule has 0 aliphatic heterocycles. The number of aromatic nitrogens is 2. The van der Waals surface area contributed by atoms with Crippen molar-refractivity contribution in [1.82, 2.24) is 15.1 Å². The van der Waals surface area contributed by atoms with E-state index in [1.165, 1.54) is 17.7 Å². The van der Waals surface area contributed by atoms with Crippen LogP contribution in [0.1, 0.15) is 43.0 Å². The highest BCUT2D eigenvalue weighted by molar-refractivity contribution is 5.64. The summed E-state index contributed by atoms with van der Waals surface area (Å²) < 4.78 is 15.2. The Bertz CT molecular complexity index is 1110. The number of benzene rings is 2. The number of hydrogen-bond acceptors (Lipinski definition) is 2. The molecule has 160 valence electrons. The van der Waals surface area contributed by atoms with Crippen LogP contribution in [-0.4, -0.2) is 27.5 Å². The van der Waals surface area contributed by atoms with Crippen molar-refractivity contribution in [1.29, 1.82) is 0 Å². The maximum absolute atomic E-state index is 13.3. The number of carboxylic acid groups (broad SMARTS) is 1. The second kappa shape index (κ2) is 8.38. The van der Waals surface area contributed by atoms with Crippen molar-refractivity contribution in [3.05, 3.63) is 89.0 Å². The molecule has 31 heavy (non-hydrogen) atoms. The maximum Gasteiger partial charge on any atom is 0.404 e. The monoisotopic (exact) mass is 419 g/mol. The summed E-state index contributed by atoms with van der Waals surface area (Å²) in [7, 11) is 0. The summed E-state index contributed by atoms with van der Waals surface area (Å²) in [6.45, 7) is 4.72. The molecule has 0 radical (unpaired) electrons. The number of fused-ring (bicyclic) bond motifs is 1. The van der Waals surface area contributed by atoms with Crippen LogP contribution >= 0.6 is 0 Å². The number of nitrogens with one attached hydrogen (secondary N) is 1. The third-order valence-electron chi connectivity index (χ3n) is 6.31. The van der Waals surface area contributed by atoms with Gasteiger partial charge in [0.2, 0.25) is 0 Å². The van der Waals surface area contributed by atoms with Crippen molar-refractivity contribution in [3.63, 3.8) is 0 Å². The fourth-order valence-corrected chi connectivity index (χ4v) is 4.43. The van der Waals surface area contributed by atoms with E-state index in [0.717, 1.165) is 35.3 Å². The topological polar surface area (TPSA) is 67.2 Å². The van der Waals surface area contributed by atoms with Crippen molar-refractivity contribution < 1.29 is 14.3 Å². The van der Waals surface area contributed by atoms with Crippen LogP contribution < -0.4 is 5.32 Å². The Hall–Kier alpha value is -3.41. The summed E-state index contributed by atoms with van der Waals surface area (Å²) in [5, 5.41) is 16.3. The van der Waals surface area contributed by atoms with Crippen molar-refractivity contribution in [2.45, 2.75) is 32.6 Å². The van der Waals surface area contributed by atoms with E-state index in [1.807, 2.05) is 29.1 Å². The lowest BCUT2D eigenvalue weighted by Gasteiger charge is -2.37. The molecule has 1 aliphatic rings. The average molecular weight is 420 g/mol. The summed E-state index contributed by atoms with van der Waals surface area (Å²) in [4.78, 5) is 11.1. The van der Waals surface area contributed by atoms with E-state index in [-0.39, 0.29) is 17.2 Å². The van der Waals surface area contributed by atoms with Crippen LogP contribution in [0.15, 0.2) is 66.4 Å². The minimum atomic E-state index is -1.01. The predicted octanol–water partition coefficient (Wildman–Crippen LogP) is 5.42. The highest BCUT2D eigenvalue weighted by Crippen LogP contribution is 2.45. The van der Waals surface area contributed by atoms with E-state index >= 15 is 0 Å². The Labute approximate surface area is 181 Å². The summed E-state index contributed by atoms with van der Waals surface area (Å²) in [5.41, 5.74) is 5.18. The van der Waals surface area contributed by atoms with E-state index in [9.17, 15) is 9.18 Å². The van der Waals surface area contributed by atoms with Crippen LogP contribution in [0.5, 0.6) is 0 Å². The van der Waals surface area contributed by atoms with Crippen LogP contribution in [0.2, 0.25) is 0 Å². The average Bonchev–Trinajstić information content (AvgIpc) is 3.14. The van der Waals surface area contributed by atoms with Gasteiger partial charge in [0.15, 0.2) is 0 Å². The number of amides is 1. The standard InChI is InChI=1S/C25H26FN3O2/c1-17-12-23-20(16-28-29(23)22-10-8-21(26)9-11-22)14-25(17,2)13-19(15-27-24(30)31)18-6-4-3-5-7-18/h3-12,16,19,27H,13-15H2,1-2H3,(H,30,31)/t19?,25-/m1/s1. The number of allylic oxidation sites excluding steroid dienone is 1. The molecule has 4 rings (SSSR count). The lowest BCUT2D eigenvalue weighted by atomic mass is 9.68. The van der Waals surface area contributed by atoms with E-state index in [4.69, 9.17) is 5.11 Å². The molecule has 0 bridgehead atoms. The number of rotatable bonds is 6. The Morgan fingerprint density at radius 3 is 2.61 bits per heavy atom. The second-order valence-electron chi connectivity index (χ2n) is 8.51. The van der Waals surface area contributed by atoms with E-state index in [2.05, 4.69) is 42.5 Å². The van der Waals surface area contributed by atoms with Crippen molar-refractivity contribution in [2.24, 2.45) is 5.41 Å². The molecule has 1 amide bonds. The molecular formula is C25H26FN3O2. The van der Waals surface area contributed by atoms with Crippen molar-refractivity contribution in [3.8, 4) is 5.69 Å². The first kappa shape index (κ1) is 20.8. The minimum Gasteiger partial charge on any atom is -0.465 e. The molecular weight excluding hydrogens is 393 g/mol.